The van der Waals surface area contributed by atoms with E-state index in [1.54, 1.807) is 4.90 Å². The lowest BCUT2D eigenvalue weighted by molar-refractivity contribution is -0.236. The lowest BCUT2D eigenvalue weighted by Gasteiger charge is -2.20. The molecular formula is C24H46BN5O11. The minimum Gasteiger partial charge on any atom is -0.463 e. The molecule has 0 rings (SSSR count). The Morgan fingerprint density at radius 3 is 1.93 bits per heavy atom. The number of nitrogens with one attached hydrogen (secondary N) is 4. The molecule has 17 heteroatoms. The third-order valence-corrected chi connectivity index (χ3v) is 4.65. The standard InChI is InChI=1S/C24H46BN5O11/c1-5-26-6-11-40-41-23(35)28-17-21(33)38-13-9-30(18-19(25)31)8-12-37-20(32)16-27-22(34)39-15-14-36-10-7-29-24(2,3)4/h26,29H,5-18,25H2,1-4H3,(H,27,34)(H,28,35). The van der Waals surface area contributed by atoms with Crippen molar-refractivity contribution >= 4 is 37.7 Å². The van der Waals surface area contributed by atoms with Crippen molar-refractivity contribution in [3.05, 3.63) is 0 Å². The second-order valence-corrected chi connectivity index (χ2v) is 9.60. The van der Waals surface area contributed by atoms with Crippen LogP contribution >= 0.6 is 0 Å². The van der Waals surface area contributed by atoms with E-state index < -0.39 is 37.2 Å². The van der Waals surface area contributed by atoms with Crippen molar-refractivity contribution in [3.63, 3.8) is 0 Å². The van der Waals surface area contributed by atoms with E-state index >= 15 is 0 Å². The summed E-state index contributed by atoms with van der Waals surface area (Å²) < 4.78 is 20.4. The highest BCUT2D eigenvalue weighted by atomic mass is 17.2. The zero-order valence-electron chi connectivity index (χ0n) is 24.8. The number of likely N-dealkylation sites (N-methyl/N-ethyl adjacent to an activating group) is 1. The molecule has 0 radical (unpaired) electrons. The number of carbonyl (C=O) groups excluding carboxylic acids is 5. The molecule has 236 valence electrons. The molecule has 0 aliphatic carbocycles. The first-order chi connectivity index (χ1) is 19.4. The second kappa shape index (κ2) is 23.7. The molecule has 0 saturated carbocycles. The van der Waals surface area contributed by atoms with Gasteiger partial charge in [-0.2, -0.15) is 4.89 Å². The lowest BCUT2D eigenvalue weighted by Crippen LogP contribution is -2.38. The quantitative estimate of drug-likeness (QED) is 0.0253. The van der Waals surface area contributed by atoms with Gasteiger partial charge >= 0.3 is 24.1 Å². The molecule has 41 heavy (non-hydrogen) atoms. The van der Waals surface area contributed by atoms with Crippen LogP contribution in [0.1, 0.15) is 27.7 Å². The van der Waals surface area contributed by atoms with Crippen molar-refractivity contribution in [2.45, 2.75) is 33.2 Å². The van der Waals surface area contributed by atoms with E-state index in [4.69, 9.17) is 18.9 Å². The van der Waals surface area contributed by atoms with Crippen LogP contribution in [-0.2, 0) is 43.1 Å². The molecule has 0 atom stereocenters. The summed E-state index contributed by atoms with van der Waals surface area (Å²) >= 11 is 0. The fraction of sp³-hybridized carbons (Fsp3) is 0.792. The van der Waals surface area contributed by atoms with Crippen LogP contribution in [0.3, 0.4) is 0 Å². The summed E-state index contributed by atoms with van der Waals surface area (Å²) in [6.45, 7) is 10.3. The van der Waals surface area contributed by atoms with Crippen LogP contribution in [0.15, 0.2) is 0 Å². The van der Waals surface area contributed by atoms with Crippen LogP contribution in [0.5, 0.6) is 0 Å². The first kappa shape index (κ1) is 38.0. The number of rotatable bonds is 23. The van der Waals surface area contributed by atoms with Crippen molar-refractivity contribution in [2.75, 3.05) is 92.0 Å². The number of alkyl carbamates (subject to hydrolysis) is 1. The number of esters is 2. The molecule has 0 aromatic heterocycles. The number of ether oxygens (including phenoxy) is 4. The van der Waals surface area contributed by atoms with Crippen molar-refractivity contribution in [1.82, 2.24) is 26.2 Å². The molecule has 0 aliphatic heterocycles. The maximum absolute atomic E-state index is 11.9. The Morgan fingerprint density at radius 2 is 1.37 bits per heavy atom. The first-order valence-electron chi connectivity index (χ1n) is 13.5. The monoisotopic (exact) mass is 591 g/mol. The van der Waals surface area contributed by atoms with E-state index in [0.29, 0.717) is 19.7 Å². The van der Waals surface area contributed by atoms with Gasteiger partial charge in [0.05, 0.1) is 18.9 Å². The molecule has 0 aromatic carbocycles. The smallest absolute Gasteiger partial charge is 0.439 e. The molecular weight excluding hydrogens is 545 g/mol. The number of hydrogen-bond donors (Lipinski definition) is 4. The highest BCUT2D eigenvalue weighted by Crippen LogP contribution is 1.97. The average molecular weight is 591 g/mol. The molecule has 2 amide bonds. The van der Waals surface area contributed by atoms with Gasteiger partial charge in [-0.05, 0) is 27.3 Å². The van der Waals surface area contributed by atoms with Gasteiger partial charge in [-0.1, -0.05) is 6.92 Å². The van der Waals surface area contributed by atoms with E-state index in [1.807, 2.05) is 27.7 Å². The normalized spacial score (nSPS) is 11.0. The molecule has 0 aromatic rings. The third kappa shape index (κ3) is 27.0. The molecule has 0 aliphatic rings. The molecule has 0 bridgehead atoms. The predicted molar refractivity (Wildman–Crippen MR) is 149 cm³/mol. The van der Waals surface area contributed by atoms with E-state index in [0.717, 1.165) is 6.54 Å². The summed E-state index contributed by atoms with van der Waals surface area (Å²) in [6, 6.07) is 0. The Bertz CT molecular complexity index is 784. The summed E-state index contributed by atoms with van der Waals surface area (Å²) in [5, 5.41) is 10.7. The fourth-order valence-electron chi connectivity index (χ4n) is 2.81. The van der Waals surface area contributed by atoms with Crippen LogP contribution in [0, 0.1) is 0 Å². The third-order valence-electron chi connectivity index (χ3n) is 4.65. The van der Waals surface area contributed by atoms with Gasteiger partial charge < -0.3 is 45.0 Å². The molecule has 0 unspecified atom stereocenters. The van der Waals surface area contributed by atoms with Gasteiger partial charge in [-0.25, -0.2) is 9.59 Å². The number of carbonyl (C=O) groups is 5. The maximum Gasteiger partial charge on any atom is 0.439 e. The van der Waals surface area contributed by atoms with Gasteiger partial charge in [0.25, 0.3) is 0 Å². The van der Waals surface area contributed by atoms with Crippen molar-refractivity contribution < 1.29 is 52.7 Å². The predicted octanol–water partition coefficient (Wildman–Crippen LogP) is -2.07. The summed E-state index contributed by atoms with van der Waals surface area (Å²) in [7, 11) is 1.39. The minimum atomic E-state index is -0.935. The van der Waals surface area contributed by atoms with Gasteiger partial charge in [-0.3, -0.25) is 19.4 Å². The largest absolute Gasteiger partial charge is 0.463 e. The molecule has 0 spiro atoms. The fourth-order valence-corrected chi connectivity index (χ4v) is 2.81. The van der Waals surface area contributed by atoms with Crippen molar-refractivity contribution in [1.29, 1.82) is 0 Å². The van der Waals surface area contributed by atoms with Crippen LogP contribution in [0.4, 0.5) is 9.59 Å². The molecule has 0 fully saturated rings. The van der Waals surface area contributed by atoms with Crippen LogP contribution in [0.25, 0.3) is 0 Å². The van der Waals surface area contributed by atoms with Gasteiger partial charge in [-0.15, -0.1) is 0 Å². The number of amides is 2. The maximum atomic E-state index is 11.9. The van der Waals surface area contributed by atoms with Crippen molar-refractivity contribution in [2.24, 2.45) is 0 Å². The van der Waals surface area contributed by atoms with Gasteiger partial charge in [0.15, 0.2) is 7.85 Å². The Labute approximate surface area is 242 Å². The topological polar surface area (TPSA) is 192 Å². The molecule has 4 N–H and O–H groups in total. The van der Waals surface area contributed by atoms with E-state index in [-0.39, 0.29) is 63.9 Å². The zero-order valence-corrected chi connectivity index (χ0v) is 24.8. The summed E-state index contributed by atoms with van der Waals surface area (Å²) in [5.74, 6) is -1.41. The first-order valence-corrected chi connectivity index (χ1v) is 13.5. The van der Waals surface area contributed by atoms with E-state index in [1.165, 1.54) is 7.85 Å². The van der Waals surface area contributed by atoms with Crippen LogP contribution in [-0.4, -0.2) is 140 Å². The zero-order chi connectivity index (χ0) is 30.9. The Balaban J connectivity index is 4.01. The second-order valence-electron chi connectivity index (χ2n) is 9.60. The molecule has 16 nitrogen and oxygen atoms in total. The average Bonchev–Trinajstić information content (AvgIpc) is 2.89. The Kier molecular flexibility index (Phi) is 22.0. The highest BCUT2D eigenvalue weighted by molar-refractivity contribution is 6.58. The molecule has 0 saturated heterocycles. The van der Waals surface area contributed by atoms with Gasteiger partial charge in [0.1, 0.15) is 39.5 Å². The van der Waals surface area contributed by atoms with E-state index in [2.05, 4.69) is 31.0 Å². The van der Waals surface area contributed by atoms with Crippen LogP contribution in [0.2, 0.25) is 0 Å². The van der Waals surface area contributed by atoms with Crippen LogP contribution < -0.4 is 21.3 Å². The summed E-state index contributed by atoms with van der Waals surface area (Å²) in [6.07, 6.45) is -1.71. The van der Waals surface area contributed by atoms with E-state index in [9.17, 15) is 24.0 Å². The van der Waals surface area contributed by atoms with Gasteiger partial charge in [0, 0.05) is 38.3 Å². The summed E-state index contributed by atoms with van der Waals surface area (Å²) in [4.78, 5) is 69.1. The summed E-state index contributed by atoms with van der Waals surface area (Å²) in [5.41, 5.74) is -0.144. The van der Waals surface area contributed by atoms with Gasteiger partial charge in [0.2, 0.25) is 0 Å². The highest BCUT2D eigenvalue weighted by Gasteiger charge is 2.13. The SMILES string of the molecule is BC(=O)CN(CCOC(=O)CNC(=O)OCCOCCNC(C)(C)C)CCOC(=O)CNC(=O)OOCCNCC. The minimum absolute atomic E-state index is 0.00533. The number of nitrogens with zero attached hydrogens (tertiary/aromatic N) is 1. The lowest BCUT2D eigenvalue weighted by atomic mass is 10.0. The Morgan fingerprint density at radius 1 is 0.756 bits per heavy atom. The number of hydrogen-bond acceptors (Lipinski definition) is 14. The Hall–Kier alpha value is -2.99. The van der Waals surface area contributed by atoms with Crippen molar-refractivity contribution in [3.8, 4) is 0 Å². The molecule has 0 heterocycles.